The molecule has 150 valence electrons. The van der Waals surface area contributed by atoms with Crippen molar-refractivity contribution in [1.29, 1.82) is 0 Å². The van der Waals surface area contributed by atoms with Crippen molar-refractivity contribution in [2.24, 2.45) is 0 Å². The summed E-state index contributed by atoms with van der Waals surface area (Å²) in [5.74, 6) is -0.208. The van der Waals surface area contributed by atoms with Gasteiger partial charge in [-0.1, -0.05) is 66.7 Å². The van der Waals surface area contributed by atoms with E-state index in [4.69, 9.17) is 0 Å². The van der Waals surface area contributed by atoms with Gasteiger partial charge < -0.3 is 5.32 Å². The van der Waals surface area contributed by atoms with Gasteiger partial charge in [0.1, 0.15) is 0 Å². The summed E-state index contributed by atoms with van der Waals surface area (Å²) in [6.07, 6.45) is 1.58. The zero-order valence-corrected chi connectivity index (χ0v) is 17.0. The molecule has 1 amide bonds. The number of fused-ring (bicyclic) bond motifs is 1. The molecule has 3 aromatic rings. The predicted octanol–water partition coefficient (Wildman–Crippen LogP) is 4.00. The number of hydrogen-bond acceptors (Lipinski definition) is 3. The van der Waals surface area contributed by atoms with Gasteiger partial charge in [0.2, 0.25) is 15.9 Å². The van der Waals surface area contributed by atoms with E-state index in [9.17, 15) is 13.2 Å². The lowest BCUT2D eigenvalue weighted by atomic mass is 10.0. The van der Waals surface area contributed by atoms with Crippen LogP contribution < -0.4 is 10.0 Å². The number of amides is 1. The maximum absolute atomic E-state index is 12.2. The molecule has 0 aromatic heterocycles. The van der Waals surface area contributed by atoms with Crippen LogP contribution >= 0.6 is 0 Å². The summed E-state index contributed by atoms with van der Waals surface area (Å²) >= 11 is 0. The van der Waals surface area contributed by atoms with Crippen molar-refractivity contribution in [1.82, 2.24) is 10.0 Å². The topological polar surface area (TPSA) is 75.3 Å². The molecule has 0 aliphatic rings. The fourth-order valence-electron chi connectivity index (χ4n) is 2.96. The zero-order chi connectivity index (χ0) is 20.7. The molecule has 5 nitrogen and oxygen atoms in total. The average Bonchev–Trinajstić information content (AvgIpc) is 2.72. The smallest absolute Gasteiger partial charge is 0.233 e. The Morgan fingerprint density at radius 2 is 1.66 bits per heavy atom. The van der Waals surface area contributed by atoms with E-state index < -0.39 is 10.0 Å². The number of rotatable bonds is 8. The summed E-state index contributed by atoms with van der Waals surface area (Å²) in [7, 11) is -3.59. The molecule has 3 aromatic carbocycles. The number of benzene rings is 3. The zero-order valence-electron chi connectivity index (χ0n) is 16.2. The summed E-state index contributed by atoms with van der Waals surface area (Å²) in [6, 6.07) is 23.1. The molecule has 3 rings (SSSR count). The molecular weight excluding hydrogens is 384 g/mol. The third-order valence-electron chi connectivity index (χ3n) is 4.55. The van der Waals surface area contributed by atoms with Crippen LogP contribution in [0, 0.1) is 0 Å². The maximum atomic E-state index is 12.2. The van der Waals surface area contributed by atoms with Crippen molar-refractivity contribution in [3.8, 4) is 0 Å². The fraction of sp³-hybridized carbons (Fsp3) is 0.174. The monoisotopic (exact) mass is 408 g/mol. The molecule has 0 saturated heterocycles. The Morgan fingerprint density at radius 1 is 0.966 bits per heavy atom. The first-order chi connectivity index (χ1) is 13.9. The second-order valence-corrected chi connectivity index (χ2v) is 8.45. The highest BCUT2D eigenvalue weighted by atomic mass is 32.2. The van der Waals surface area contributed by atoms with Crippen LogP contribution in [0.25, 0.3) is 16.8 Å². The maximum Gasteiger partial charge on any atom is 0.233 e. The van der Waals surface area contributed by atoms with Crippen molar-refractivity contribution in [2.45, 2.75) is 19.4 Å². The highest BCUT2D eigenvalue weighted by molar-refractivity contribution is 7.92. The van der Waals surface area contributed by atoms with Crippen LogP contribution in [0.2, 0.25) is 0 Å². The van der Waals surface area contributed by atoms with Gasteiger partial charge in [-0.15, -0.1) is 0 Å². The fourth-order valence-corrected chi connectivity index (χ4v) is 3.78. The number of nitrogens with one attached hydrogen (secondary N) is 2. The predicted molar refractivity (Wildman–Crippen MR) is 118 cm³/mol. The lowest BCUT2D eigenvalue weighted by Crippen LogP contribution is -2.31. The van der Waals surface area contributed by atoms with Crippen molar-refractivity contribution >= 4 is 32.8 Å². The van der Waals surface area contributed by atoms with E-state index in [0.29, 0.717) is 0 Å². The van der Waals surface area contributed by atoms with Gasteiger partial charge in [-0.2, -0.15) is 0 Å². The number of carbonyl (C=O) groups excluding carboxylic acids is 1. The highest BCUT2D eigenvalue weighted by Crippen LogP contribution is 2.20. The molecule has 1 atom stereocenters. The largest absolute Gasteiger partial charge is 0.350 e. The molecule has 29 heavy (non-hydrogen) atoms. The van der Waals surface area contributed by atoms with E-state index in [-0.39, 0.29) is 24.9 Å². The average molecular weight is 409 g/mol. The van der Waals surface area contributed by atoms with Crippen LogP contribution in [-0.2, 0) is 14.8 Å². The van der Waals surface area contributed by atoms with Gasteiger partial charge in [0, 0.05) is 18.4 Å². The van der Waals surface area contributed by atoms with E-state index in [0.717, 1.165) is 27.3 Å². The Bertz CT molecular complexity index is 1110. The molecule has 0 radical (unpaired) electrons. The third-order valence-corrected chi connectivity index (χ3v) is 5.65. The van der Waals surface area contributed by atoms with Crippen LogP contribution in [0.3, 0.4) is 0 Å². The molecule has 0 aliphatic heterocycles. The molecule has 0 saturated carbocycles. The molecule has 0 fully saturated rings. The second-order valence-electron chi connectivity index (χ2n) is 6.80. The van der Waals surface area contributed by atoms with Gasteiger partial charge in [0.15, 0.2) is 0 Å². The van der Waals surface area contributed by atoms with Gasteiger partial charge in [-0.25, -0.2) is 13.1 Å². The first-order valence-corrected chi connectivity index (χ1v) is 11.0. The van der Waals surface area contributed by atoms with Gasteiger partial charge in [-0.3, -0.25) is 4.79 Å². The third kappa shape index (κ3) is 6.27. The Labute approximate surface area is 171 Å². The van der Waals surface area contributed by atoms with Crippen LogP contribution in [0.15, 0.2) is 78.2 Å². The van der Waals surface area contributed by atoms with Crippen molar-refractivity contribution in [3.63, 3.8) is 0 Å². The molecule has 1 unspecified atom stereocenters. The van der Waals surface area contributed by atoms with E-state index in [1.165, 1.54) is 6.08 Å². The van der Waals surface area contributed by atoms with Crippen LogP contribution in [0.1, 0.15) is 30.5 Å². The minimum atomic E-state index is -3.59. The SMILES string of the molecule is CC(NC(=O)CCNS(=O)(=O)/C=C/c1ccccc1)c1ccc2ccccc2c1. The van der Waals surface area contributed by atoms with Crippen molar-refractivity contribution in [2.75, 3.05) is 6.54 Å². The normalized spacial score (nSPS) is 12.9. The summed E-state index contributed by atoms with van der Waals surface area (Å²) in [5.41, 5.74) is 1.79. The summed E-state index contributed by atoms with van der Waals surface area (Å²) < 4.78 is 26.5. The van der Waals surface area contributed by atoms with Crippen LogP contribution in [0.4, 0.5) is 0 Å². The van der Waals surface area contributed by atoms with E-state index in [2.05, 4.69) is 16.1 Å². The lowest BCUT2D eigenvalue weighted by molar-refractivity contribution is -0.121. The quantitative estimate of drug-likeness (QED) is 0.592. The molecule has 6 heteroatoms. The summed E-state index contributed by atoms with van der Waals surface area (Å²) in [6.45, 7) is 1.95. The Kier molecular flexibility index (Phi) is 6.80. The summed E-state index contributed by atoms with van der Waals surface area (Å²) in [4.78, 5) is 12.2. The van der Waals surface area contributed by atoms with E-state index >= 15 is 0 Å². The van der Waals surface area contributed by atoms with Crippen LogP contribution in [-0.4, -0.2) is 20.9 Å². The molecule has 0 aliphatic carbocycles. The number of hydrogen-bond donors (Lipinski definition) is 2. The molecular formula is C23H24N2O3S. The van der Waals surface area contributed by atoms with E-state index in [1.807, 2.05) is 73.7 Å². The van der Waals surface area contributed by atoms with Crippen LogP contribution in [0.5, 0.6) is 0 Å². The Hall–Kier alpha value is -2.96. The van der Waals surface area contributed by atoms with Crippen molar-refractivity contribution in [3.05, 3.63) is 89.3 Å². The van der Waals surface area contributed by atoms with Gasteiger partial charge in [0.05, 0.1) is 6.04 Å². The second kappa shape index (κ2) is 9.49. The minimum Gasteiger partial charge on any atom is -0.350 e. The number of sulfonamides is 1. The minimum absolute atomic E-state index is 0.0394. The number of carbonyl (C=O) groups is 1. The molecule has 2 N–H and O–H groups in total. The Balaban J connectivity index is 1.49. The summed E-state index contributed by atoms with van der Waals surface area (Å²) in [5, 5.41) is 6.28. The molecule has 0 bridgehead atoms. The van der Waals surface area contributed by atoms with Gasteiger partial charge >= 0.3 is 0 Å². The first kappa shape index (κ1) is 20.8. The Morgan fingerprint density at radius 3 is 2.41 bits per heavy atom. The molecule has 0 heterocycles. The van der Waals surface area contributed by atoms with Gasteiger partial charge in [0.25, 0.3) is 0 Å². The molecule has 0 spiro atoms. The van der Waals surface area contributed by atoms with Gasteiger partial charge in [-0.05, 0) is 41.0 Å². The van der Waals surface area contributed by atoms with E-state index in [1.54, 1.807) is 0 Å². The first-order valence-electron chi connectivity index (χ1n) is 9.44. The van der Waals surface area contributed by atoms with Crippen molar-refractivity contribution < 1.29 is 13.2 Å². The highest BCUT2D eigenvalue weighted by Gasteiger charge is 2.11. The lowest BCUT2D eigenvalue weighted by Gasteiger charge is -2.15. The standard InChI is InChI=1S/C23H24N2O3S/c1-18(21-12-11-20-9-5-6-10-22(20)17-21)25-23(26)13-15-24-29(27,28)16-14-19-7-3-2-4-8-19/h2-12,14,16-18,24H,13,15H2,1H3,(H,25,26)/b16-14+.